The van der Waals surface area contributed by atoms with Gasteiger partial charge in [-0.15, -0.1) is 0 Å². The fourth-order valence-corrected chi connectivity index (χ4v) is 1.03. The summed E-state index contributed by atoms with van der Waals surface area (Å²) in [6.07, 6.45) is 0.466. The average molecular weight is 185 g/mol. The molecule has 0 spiro atoms. The van der Waals surface area contributed by atoms with Crippen molar-refractivity contribution in [3.63, 3.8) is 0 Å². The van der Waals surface area contributed by atoms with Crippen LogP contribution in [-0.2, 0) is 4.79 Å². The Bertz CT molecular complexity index is 294. The Labute approximate surface area is 75.3 Å². The topological polar surface area (TPSA) is 72.6 Å². The van der Waals surface area contributed by atoms with Gasteiger partial charge in [0, 0.05) is 6.07 Å². The molecular weight excluding hydrogens is 174 g/mol. The van der Waals surface area contributed by atoms with Crippen LogP contribution in [-0.4, -0.2) is 23.3 Å². The van der Waals surface area contributed by atoms with Crippen molar-refractivity contribution < 1.29 is 19.2 Å². The van der Waals surface area contributed by atoms with E-state index in [1.807, 2.05) is 0 Å². The molecular formula is C8H11NO4. The van der Waals surface area contributed by atoms with Gasteiger partial charge < -0.3 is 14.4 Å². The largest absolute Gasteiger partial charge is 0.481 e. The number of aliphatic carboxylic acids is 1. The molecule has 0 aliphatic heterocycles. The van der Waals surface area contributed by atoms with Gasteiger partial charge in [-0.1, -0.05) is 6.92 Å². The summed E-state index contributed by atoms with van der Waals surface area (Å²) in [6, 6.07) is 1.49. The molecule has 0 aliphatic carbocycles. The first kappa shape index (κ1) is 9.57. The van der Waals surface area contributed by atoms with E-state index < -0.39 is 11.9 Å². The van der Waals surface area contributed by atoms with E-state index in [-0.39, 0.29) is 0 Å². The maximum Gasteiger partial charge on any atom is 0.314 e. The number of carboxylic acids is 1. The quantitative estimate of drug-likeness (QED) is 0.764. The molecule has 13 heavy (non-hydrogen) atoms. The van der Waals surface area contributed by atoms with E-state index in [2.05, 4.69) is 5.16 Å². The summed E-state index contributed by atoms with van der Waals surface area (Å²) in [4.78, 5) is 10.7. The van der Waals surface area contributed by atoms with Gasteiger partial charge in [-0.05, 0) is 11.6 Å². The number of methoxy groups -OCH3 is 1. The van der Waals surface area contributed by atoms with Crippen LogP contribution in [0.5, 0.6) is 5.88 Å². The highest BCUT2D eigenvalue weighted by Crippen LogP contribution is 2.23. The molecule has 5 nitrogen and oxygen atoms in total. The van der Waals surface area contributed by atoms with Crippen LogP contribution in [0.25, 0.3) is 0 Å². The normalized spacial score (nSPS) is 12.5. The Morgan fingerprint density at radius 1 is 1.85 bits per heavy atom. The highest BCUT2D eigenvalue weighted by Gasteiger charge is 2.22. The molecule has 0 amide bonds. The Kier molecular flexibility index (Phi) is 2.89. The van der Waals surface area contributed by atoms with Crippen LogP contribution in [0.2, 0.25) is 0 Å². The van der Waals surface area contributed by atoms with Gasteiger partial charge in [0.1, 0.15) is 5.92 Å². The molecule has 0 saturated heterocycles. The Hall–Kier alpha value is -1.52. The van der Waals surface area contributed by atoms with E-state index in [1.165, 1.54) is 13.2 Å². The minimum absolute atomic E-state index is 0.301. The second-order valence-electron chi connectivity index (χ2n) is 2.57. The Morgan fingerprint density at radius 3 is 2.92 bits per heavy atom. The zero-order valence-electron chi connectivity index (χ0n) is 7.48. The van der Waals surface area contributed by atoms with Crippen molar-refractivity contribution in [2.75, 3.05) is 7.11 Å². The lowest BCUT2D eigenvalue weighted by molar-refractivity contribution is -0.139. The van der Waals surface area contributed by atoms with Crippen LogP contribution >= 0.6 is 0 Å². The second kappa shape index (κ2) is 3.93. The summed E-state index contributed by atoms with van der Waals surface area (Å²) in [7, 11) is 1.45. The number of nitrogens with zero attached hydrogens (tertiary/aromatic N) is 1. The van der Waals surface area contributed by atoms with Gasteiger partial charge in [-0.25, -0.2) is 0 Å². The molecule has 0 aliphatic rings. The fourth-order valence-electron chi connectivity index (χ4n) is 1.03. The third-order valence-corrected chi connectivity index (χ3v) is 1.77. The first-order valence-corrected chi connectivity index (χ1v) is 3.92. The summed E-state index contributed by atoms with van der Waals surface area (Å²) in [5, 5.41) is 12.3. The number of hydrogen-bond acceptors (Lipinski definition) is 4. The number of carbonyl (C=O) groups is 1. The van der Waals surface area contributed by atoms with E-state index in [0.29, 0.717) is 18.1 Å². The fraction of sp³-hybridized carbons (Fsp3) is 0.500. The summed E-state index contributed by atoms with van der Waals surface area (Å²) >= 11 is 0. The van der Waals surface area contributed by atoms with E-state index >= 15 is 0 Å². The van der Waals surface area contributed by atoms with Crippen LogP contribution in [0, 0.1) is 0 Å². The zero-order chi connectivity index (χ0) is 9.84. The van der Waals surface area contributed by atoms with Gasteiger partial charge in [0.15, 0.2) is 5.76 Å². The van der Waals surface area contributed by atoms with Crippen molar-refractivity contribution in [1.82, 2.24) is 5.16 Å². The minimum atomic E-state index is -0.915. The monoisotopic (exact) mass is 185 g/mol. The first-order chi connectivity index (χ1) is 6.19. The molecule has 1 aromatic rings. The maximum atomic E-state index is 10.7. The summed E-state index contributed by atoms with van der Waals surface area (Å²) in [5.41, 5.74) is 0. The summed E-state index contributed by atoms with van der Waals surface area (Å²) < 4.78 is 9.59. The standard InChI is InChI=1S/C8H11NO4/c1-3-5(8(10)11)6-4-7(12-2)9-13-6/h4-5H,3H2,1-2H3,(H,10,11). The molecule has 0 bridgehead atoms. The van der Waals surface area contributed by atoms with Gasteiger partial charge in [0.05, 0.1) is 7.11 Å². The molecule has 0 aromatic carbocycles. The third kappa shape index (κ3) is 1.99. The number of hydrogen-bond donors (Lipinski definition) is 1. The van der Waals surface area contributed by atoms with Gasteiger partial charge in [-0.2, -0.15) is 0 Å². The minimum Gasteiger partial charge on any atom is -0.481 e. The van der Waals surface area contributed by atoms with Crippen molar-refractivity contribution in [2.45, 2.75) is 19.3 Å². The van der Waals surface area contributed by atoms with Crippen LogP contribution in [0.3, 0.4) is 0 Å². The molecule has 0 saturated carbocycles. The van der Waals surface area contributed by atoms with Gasteiger partial charge >= 0.3 is 5.97 Å². The maximum absolute atomic E-state index is 10.7. The van der Waals surface area contributed by atoms with Crippen molar-refractivity contribution in [3.05, 3.63) is 11.8 Å². The smallest absolute Gasteiger partial charge is 0.314 e. The third-order valence-electron chi connectivity index (χ3n) is 1.77. The lowest BCUT2D eigenvalue weighted by atomic mass is 10.0. The molecule has 5 heteroatoms. The van der Waals surface area contributed by atoms with Gasteiger partial charge in [0.2, 0.25) is 0 Å². The number of rotatable bonds is 4. The van der Waals surface area contributed by atoms with Crippen molar-refractivity contribution in [3.8, 4) is 5.88 Å². The van der Waals surface area contributed by atoms with E-state index in [4.69, 9.17) is 14.4 Å². The number of aromatic nitrogens is 1. The predicted octanol–water partition coefficient (Wildman–Crippen LogP) is 1.26. The highest BCUT2D eigenvalue weighted by atomic mass is 16.5. The van der Waals surface area contributed by atoms with Crippen LogP contribution in [0.1, 0.15) is 25.0 Å². The second-order valence-corrected chi connectivity index (χ2v) is 2.57. The summed E-state index contributed by atoms with van der Waals surface area (Å²) in [6.45, 7) is 1.77. The Balaban J connectivity index is 2.85. The molecule has 1 aromatic heterocycles. The Morgan fingerprint density at radius 2 is 2.54 bits per heavy atom. The lowest BCUT2D eigenvalue weighted by Crippen LogP contribution is -2.09. The molecule has 1 N–H and O–H groups in total. The van der Waals surface area contributed by atoms with E-state index in [9.17, 15) is 4.79 Å². The number of ether oxygens (including phenoxy) is 1. The van der Waals surface area contributed by atoms with E-state index in [0.717, 1.165) is 0 Å². The van der Waals surface area contributed by atoms with Gasteiger partial charge in [-0.3, -0.25) is 4.79 Å². The molecule has 1 atom stereocenters. The van der Waals surface area contributed by atoms with Crippen LogP contribution < -0.4 is 4.74 Å². The molecule has 0 radical (unpaired) electrons. The SMILES string of the molecule is CCC(C(=O)O)c1cc(OC)no1. The summed E-state index contributed by atoms with van der Waals surface area (Å²) in [5.74, 6) is -0.931. The van der Waals surface area contributed by atoms with Crippen molar-refractivity contribution in [1.29, 1.82) is 0 Å². The van der Waals surface area contributed by atoms with Crippen molar-refractivity contribution >= 4 is 5.97 Å². The molecule has 0 fully saturated rings. The average Bonchev–Trinajstić information content (AvgIpc) is 2.53. The van der Waals surface area contributed by atoms with Crippen LogP contribution in [0.15, 0.2) is 10.6 Å². The number of carboxylic acid groups (broad SMARTS) is 1. The molecule has 1 rings (SSSR count). The lowest BCUT2D eigenvalue weighted by Gasteiger charge is -2.02. The molecule has 1 unspecified atom stereocenters. The zero-order valence-corrected chi connectivity index (χ0v) is 7.48. The van der Waals surface area contributed by atoms with Gasteiger partial charge in [0.25, 0.3) is 5.88 Å². The van der Waals surface area contributed by atoms with Crippen LogP contribution in [0.4, 0.5) is 0 Å². The molecule has 1 heterocycles. The first-order valence-electron chi connectivity index (χ1n) is 3.92. The highest BCUT2D eigenvalue weighted by molar-refractivity contribution is 5.75. The van der Waals surface area contributed by atoms with E-state index in [1.54, 1.807) is 6.92 Å². The molecule has 72 valence electrons. The predicted molar refractivity (Wildman–Crippen MR) is 43.7 cm³/mol. The van der Waals surface area contributed by atoms with Crippen molar-refractivity contribution in [2.24, 2.45) is 0 Å².